The summed E-state index contributed by atoms with van der Waals surface area (Å²) in [6.07, 6.45) is 78.3. The van der Waals surface area contributed by atoms with Gasteiger partial charge >= 0.3 is 17.9 Å². The van der Waals surface area contributed by atoms with E-state index in [9.17, 15) is 14.4 Å². The third-order valence-corrected chi connectivity index (χ3v) is 12.5. The molecule has 0 aliphatic carbocycles. The summed E-state index contributed by atoms with van der Waals surface area (Å²) in [6, 6.07) is 0. The van der Waals surface area contributed by atoms with Crippen LogP contribution in [0.25, 0.3) is 0 Å². The highest BCUT2D eigenvalue weighted by Gasteiger charge is 2.19. The van der Waals surface area contributed by atoms with Gasteiger partial charge in [0.1, 0.15) is 13.2 Å². The third-order valence-electron chi connectivity index (χ3n) is 12.5. The van der Waals surface area contributed by atoms with Gasteiger partial charge in [0.25, 0.3) is 0 Å². The maximum Gasteiger partial charge on any atom is 0.306 e. The number of allylic oxidation sites excluding steroid dienone is 16. The van der Waals surface area contributed by atoms with Gasteiger partial charge in [-0.3, -0.25) is 14.4 Å². The van der Waals surface area contributed by atoms with Gasteiger partial charge in [0, 0.05) is 19.3 Å². The Bertz CT molecular complexity index is 1410. The lowest BCUT2D eigenvalue weighted by molar-refractivity contribution is -0.167. The van der Waals surface area contributed by atoms with Crippen molar-refractivity contribution in [2.75, 3.05) is 13.2 Å². The van der Waals surface area contributed by atoms with Gasteiger partial charge in [-0.25, -0.2) is 0 Å². The number of carbonyl (C=O) groups excluding carboxylic acids is 3. The van der Waals surface area contributed by atoms with E-state index in [1.54, 1.807) is 0 Å². The highest BCUT2D eigenvalue weighted by atomic mass is 16.6. The Morgan fingerprint density at radius 1 is 0.296 bits per heavy atom. The van der Waals surface area contributed by atoms with Crippen molar-refractivity contribution in [1.29, 1.82) is 0 Å². The molecule has 0 radical (unpaired) electrons. The van der Waals surface area contributed by atoms with E-state index in [0.29, 0.717) is 12.8 Å². The largest absolute Gasteiger partial charge is 0.462 e. The molecule has 0 aromatic rings. The molecule has 1 unspecified atom stereocenters. The molecule has 0 fully saturated rings. The molecule has 0 saturated heterocycles. The Morgan fingerprint density at radius 2 is 0.577 bits per heavy atom. The van der Waals surface area contributed by atoms with Crippen LogP contribution in [-0.2, 0) is 28.6 Å². The van der Waals surface area contributed by atoms with Gasteiger partial charge in [0.15, 0.2) is 6.10 Å². The quantitative estimate of drug-likeness (QED) is 0.0261. The standard InChI is InChI=1S/C65H110O6/c1-4-7-10-13-16-19-22-25-27-29-31-32-34-35-37-40-43-46-49-52-55-58-64(67)70-61-62(60-69-63(66)57-54-51-48-45-42-39-24-21-18-15-12-9-6-3)71-65(68)59-56-53-50-47-44-41-38-36-33-30-28-26-23-20-17-14-11-8-5-2/h8,11-12,15,17,20-21,24,26,28-29,31,33,36,41,44,62H,4-7,9-10,13-14,16,18-19,22-23,25,27,30,32,34-35,37-40,42-43,45-61H2,1-3H3/b11-8-,15-12-,20-17-,24-21-,28-26-,31-29-,36-33-,44-41-. The molecule has 0 amide bonds. The molecule has 0 aliphatic heterocycles. The molecule has 1 atom stereocenters. The molecule has 0 spiro atoms. The first-order chi connectivity index (χ1) is 35.0. The van der Waals surface area contributed by atoms with E-state index in [1.165, 1.54) is 109 Å². The van der Waals surface area contributed by atoms with E-state index in [4.69, 9.17) is 14.2 Å². The van der Waals surface area contributed by atoms with Crippen molar-refractivity contribution in [3.8, 4) is 0 Å². The topological polar surface area (TPSA) is 78.9 Å². The summed E-state index contributed by atoms with van der Waals surface area (Å²) in [4.78, 5) is 38.2. The van der Waals surface area contributed by atoms with Crippen molar-refractivity contribution >= 4 is 17.9 Å². The zero-order valence-corrected chi connectivity index (χ0v) is 46.5. The van der Waals surface area contributed by atoms with E-state index in [-0.39, 0.29) is 37.5 Å². The molecule has 0 aromatic carbocycles. The second-order valence-corrected chi connectivity index (χ2v) is 19.5. The molecule has 6 nitrogen and oxygen atoms in total. The molecule has 0 aliphatic rings. The lowest BCUT2D eigenvalue weighted by Crippen LogP contribution is -2.30. The smallest absolute Gasteiger partial charge is 0.306 e. The molecule has 0 heterocycles. The van der Waals surface area contributed by atoms with Gasteiger partial charge in [-0.2, -0.15) is 0 Å². The molecular weight excluding hydrogens is 877 g/mol. The molecular formula is C65H110O6. The van der Waals surface area contributed by atoms with E-state index in [0.717, 1.165) is 128 Å². The number of hydrogen-bond donors (Lipinski definition) is 0. The Balaban J connectivity index is 4.42. The normalized spacial score (nSPS) is 12.8. The Hall–Kier alpha value is -3.67. The number of ether oxygens (including phenoxy) is 3. The van der Waals surface area contributed by atoms with Crippen molar-refractivity contribution in [3.63, 3.8) is 0 Å². The van der Waals surface area contributed by atoms with Crippen LogP contribution < -0.4 is 0 Å². The van der Waals surface area contributed by atoms with Crippen LogP contribution in [0.5, 0.6) is 0 Å². The van der Waals surface area contributed by atoms with Gasteiger partial charge in [-0.1, -0.05) is 240 Å². The van der Waals surface area contributed by atoms with Crippen LogP contribution in [0.1, 0.15) is 278 Å². The van der Waals surface area contributed by atoms with E-state index < -0.39 is 6.10 Å². The van der Waals surface area contributed by atoms with Crippen LogP contribution >= 0.6 is 0 Å². The fraction of sp³-hybridized carbons (Fsp3) is 0.708. The highest BCUT2D eigenvalue weighted by molar-refractivity contribution is 5.71. The summed E-state index contributed by atoms with van der Waals surface area (Å²) in [5.41, 5.74) is 0. The molecule has 0 aromatic heterocycles. The van der Waals surface area contributed by atoms with Crippen molar-refractivity contribution in [3.05, 3.63) is 97.2 Å². The molecule has 0 N–H and O–H groups in total. The zero-order valence-electron chi connectivity index (χ0n) is 46.5. The van der Waals surface area contributed by atoms with Crippen LogP contribution in [0.3, 0.4) is 0 Å². The maximum atomic E-state index is 12.9. The molecule has 0 saturated carbocycles. The van der Waals surface area contributed by atoms with Crippen molar-refractivity contribution in [2.45, 2.75) is 284 Å². The van der Waals surface area contributed by atoms with Crippen molar-refractivity contribution in [2.24, 2.45) is 0 Å². The molecule has 406 valence electrons. The zero-order chi connectivity index (χ0) is 51.4. The minimum Gasteiger partial charge on any atom is -0.462 e. The predicted molar refractivity (Wildman–Crippen MR) is 307 cm³/mol. The van der Waals surface area contributed by atoms with Crippen LogP contribution in [-0.4, -0.2) is 37.2 Å². The summed E-state index contributed by atoms with van der Waals surface area (Å²) >= 11 is 0. The summed E-state index contributed by atoms with van der Waals surface area (Å²) < 4.78 is 16.8. The summed E-state index contributed by atoms with van der Waals surface area (Å²) in [5, 5.41) is 0. The van der Waals surface area contributed by atoms with Crippen LogP contribution in [0, 0.1) is 0 Å². The minimum absolute atomic E-state index is 0.0968. The number of rotatable bonds is 53. The lowest BCUT2D eigenvalue weighted by Gasteiger charge is -2.18. The molecule has 0 bridgehead atoms. The van der Waals surface area contributed by atoms with Crippen LogP contribution in [0.4, 0.5) is 0 Å². The number of hydrogen-bond acceptors (Lipinski definition) is 6. The summed E-state index contributed by atoms with van der Waals surface area (Å²) in [6.45, 7) is 6.43. The van der Waals surface area contributed by atoms with Crippen LogP contribution in [0.15, 0.2) is 97.2 Å². The van der Waals surface area contributed by atoms with Gasteiger partial charge in [-0.05, 0) is 116 Å². The van der Waals surface area contributed by atoms with Crippen LogP contribution in [0.2, 0.25) is 0 Å². The highest BCUT2D eigenvalue weighted by Crippen LogP contribution is 2.15. The lowest BCUT2D eigenvalue weighted by atomic mass is 10.1. The molecule has 0 rings (SSSR count). The number of carbonyl (C=O) groups is 3. The van der Waals surface area contributed by atoms with Gasteiger partial charge < -0.3 is 14.2 Å². The Labute approximate surface area is 438 Å². The Kier molecular flexibility index (Phi) is 55.9. The third kappa shape index (κ3) is 57.1. The van der Waals surface area contributed by atoms with Gasteiger partial charge in [0.05, 0.1) is 0 Å². The fourth-order valence-electron chi connectivity index (χ4n) is 8.09. The maximum absolute atomic E-state index is 12.9. The van der Waals surface area contributed by atoms with Crippen molar-refractivity contribution in [1.82, 2.24) is 0 Å². The van der Waals surface area contributed by atoms with E-state index in [2.05, 4.69) is 118 Å². The van der Waals surface area contributed by atoms with Gasteiger partial charge in [-0.15, -0.1) is 0 Å². The summed E-state index contributed by atoms with van der Waals surface area (Å²) in [5.74, 6) is -0.942. The van der Waals surface area contributed by atoms with E-state index in [1.807, 2.05) is 0 Å². The summed E-state index contributed by atoms with van der Waals surface area (Å²) in [7, 11) is 0. The van der Waals surface area contributed by atoms with E-state index >= 15 is 0 Å². The SMILES string of the molecule is CC/C=C\C/C=C\C/C=C\C/C=C\C/C=C\CCCCCC(=O)OC(COC(=O)CCCCCCC/C=C\C/C=C\CCC)COC(=O)CCCCCCCCCCC/C=C\CCCCCCCCCC. The second kappa shape index (κ2) is 58.9. The first kappa shape index (κ1) is 67.3. The van der Waals surface area contributed by atoms with Crippen molar-refractivity contribution < 1.29 is 28.6 Å². The minimum atomic E-state index is -0.803. The second-order valence-electron chi connectivity index (χ2n) is 19.5. The Morgan fingerprint density at radius 3 is 0.944 bits per heavy atom. The predicted octanol–water partition coefficient (Wildman–Crippen LogP) is 20.1. The monoisotopic (exact) mass is 987 g/mol. The first-order valence-corrected chi connectivity index (χ1v) is 29.7. The van der Waals surface area contributed by atoms with Gasteiger partial charge in [0.2, 0.25) is 0 Å². The molecule has 6 heteroatoms. The number of esters is 3. The first-order valence-electron chi connectivity index (χ1n) is 29.7. The fourth-order valence-corrected chi connectivity index (χ4v) is 8.09. The average molecular weight is 988 g/mol. The molecule has 71 heavy (non-hydrogen) atoms. The average Bonchev–Trinajstić information content (AvgIpc) is 3.37. The number of unbranched alkanes of at least 4 members (excludes halogenated alkanes) is 26.